The smallest absolute Gasteiger partial charge is 0.158 e. The van der Waals surface area contributed by atoms with Gasteiger partial charge in [0.1, 0.15) is 11.5 Å². The molecular formula is C22H38N6. The first-order valence-electron chi connectivity index (χ1n) is 10.1. The van der Waals surface area contributed by atoms with E-state index in [1.54, 1.807) is 6.20 Å². The number of rotatable bonds is 13. The minimum atomic E-state index is 0.677. The molecule has 0 atom stereocenters. The normalized spacial score (nSPS) is 11.3. The number of aliphatic imine (C=N–C) groups is 1. The number of unbranched alkanes of at least 4 members (excludes halogenated alkanes) is 1. The van der Waals surface area contributed by atoms with Crippen LogP contribution in [-0.2, 0) is 13.0 Å². The van der Waals surface area contributed by atoms with Crippen molar-refractivity contribution in [2.45, 2.75) is 59.9 Å². The van der Waals surface area contributed by atoms with Crippen molar-refractivity contribution in [3.8, 4) is 0 Å². The molecule has 1 heterocycles. The molecule has 0 aliphatic carbocycles. The van der Waals surface area contributed by atoms with E-state index >= 15 is 0 Å². The molecule has 0 aliphatic heterocycles. The maximum Gasteiger partial charge on any atom is 0.158 e. The van der Waals surface area contributed by atoms with Gasteiger partial charge >= 0.3 is 0 Å². The molecule has 6 heteroatoms. The van der Waals surface area contributed by atoms with Crippen molar-refractivity contribution >= 4 is 17.2 Å². The average molecular weight is 387 g/mol. The SMILES string of the molecule is C=CNc1nc(CCC)n(CC(C)=NC=C(C)C)c1C(=C)N(C)CCCCN. The van der Waals surface area contributed by atoms with E-state index in [4.69, 9.17) is 10.7 Å². The molecule has 1 aromatic heterocycles. The Kier molecular flexibility index (Phi) is 10.3. The number of aryl methyl sites for hydroxylation is 1. The van der Waals surface area contributed by atoms with Gasteiger partial charge in [-0.2, -0.15) is 0 Å². The molecule has 0 saturated heterocycles. The fraction of sp³-hybridized carbons (Fsp3) is 0.545. The fourth-order valence-corrected chi connectivity index (χ4v) is 2.89. The van der Waals surface area contributed by atoms with Crippen LogP contribution < -0.4 is 11.1 Å². The molecule has 28 heavy (non-hydrogen) atoms. The van der Waals surface area contributed by atoms with E-state index in [1.165, 1.54) is 5.57 Å². The van der Waals surface area contributed by atoms with Gasteiger partial charge < -0.3 is 20.5 Å². The van der Waals surface area contributed by atoms with Crippen LogP contribution in [0.2, 0.25) is 0 Å². The standard InChI is InChI=1S/C22H38N6/c1-8-12-20-26-22(24-9-2)21(19(6)27(7)14-11-10-13-23)28(20)16-18(5)25-15-17(3)4/h9,15,24H,2,6,8,10-14,16,23H2,1,3-5,7H3. The number of allylic oxidation sites excluding steroid dienone is 1. The van der Waals surface area contributed by atoms with E-state index in [0.29, 0.717) is 13.1 Å². The molecule has 1 aromatic rings. The lowest BCUT2D eigenvalue weighted by atomic mass is 10.2. The third kappa shape index (κ3) is 7.00. The summed E-state index contributed by atoms with van der Waals surface area (Å²) in [4.78, 5) is 11.6. The van der Waals surface area contributed by atoms with Crippen LogP contribution in [0.25, 0.3) is 5.70 Å². The van der Waals surface area contributed by atoms with E-state index in [-0.39, 0.29) is 0 Å². The first-order valence-corrected chi connectivity index (χ1v) is 10.1. The molecule has 0 saturated carbocycles. The van der Waals surface area contributed by atoms with E-state index in [1.807, 2.05) is 27.0 Å². The first-order chi connectivity index (χ1) is 13.3. The molecule has 3 N–H and O–H groups in total. The quantitative estimate of drug-likeness (QED) is 0.389. The Morgan fingerprint density at radius 2 is 2.04 bits per heavy atom. The van der Waals surface area contributed by atoms with Crippen LogP contribution in [0, 0.1) is 0 Å². The minimum Gasteiger partial charge on any atom is -0.373 e. The van der Waals surface area contributed by atoms with Gasteiger partial charge in [0.15, 0.2) is 5.82 Å². The minimum absolute atomic E-state index is 0.677. The zero-order chi connectivity index (χ0) is 21.1. The number of imidazole rings is 1. The van der Waals surface area contributed by atoms with Crippen molar-refractivity contribution in [1.29, 1.82) is 0 Å². The summed E-state index contributed by atoms with van der Waals surface area (Å²) in [7, 11) is 2.07. The number of hydrogen-bond donors (Lipinski definition) is 2. The Balaban J connectivity index is 3.32. The second-order valence-corrected chi connectivity index (χ2v) is 7.34. The Labute approximate surface area is 170 Å². The second-order valence-electron chi connectivity index (χ2n) is 7.34. The van der Waals surface area contributed by atoms with Gasteiger partial charge in [-0.25, -0.2) is 4.98 Å². The van der Waals surface area contributed by atoms with Gasteiger partial charge in [-0.1, -0.05) is 25.7 Å². The third-order valence-corrected chi connectivity index (χ3v) is 4.37. The highest BCUT2D eigenvalue weighted by Gasteiger charge is 2.21. The van der Waals surface area contributed by atoms with Crippen LogP contribution in [0.15, 0.2) is 36.1 Å². The zero-order valence-corrected chi connectivity index (χ0v) is 18.4. The lowest BCUT2D eigenvalue weighted by Gasteiger charge is -2.24. The van der Waals surface area contributed by atoms with Gasteiger partial charge in [-0.3, -0.25) is 4.99 Å². The highest BCUT2D eigenvalue weighted by Crippen LogP contribution is 2.27. The summed E-state index contributed by atoms with van der Waals surface area (Å²) in [6, 6.07) is 0. The maximum absolute atomic E-state index is 5.64. The van der Waals surface area contributed by atoms with Crippen LogP contribution in [0.3, 0.4) is 0 Å². The van der Waals surface area contributed by atoms with E-state index in [9.17, 15) is 0 Å². The molecule has 0 bridgehead atoms. The lowest BCUT2D eigenvalue weighted by Crippen LogP contribution is -2.22. The topological polar surface area (TPSA) is 71.5 Å². The van der Waals surface area contributed by atoms with Crippen molar-refractivity contribution in [3.05, 3.63) is 42.6 Å². The van der Waals surface area contributed by atoms with Gasteiger partial charge in [0.2, 0.25) is 0 Å². The summed E-state index contributed by atoms with van der Waals surface area (Å²) in [6.07, 6.45) is 7.52. The summed E-state index contributed by atoms with van der Waals surface area (Å²) < 4.78 is 2.23. The average Bonchev–Trinajstić information content (AvgIpc) is 2.97. The Bertz CT molecular complexity index is 707. The van der Waals surface area contributed by atoms with Crippen molar-refractivity contribution < 1.29 is 0 Å². The van der Waals surface area contributed by atoms with Crippen LogP contribution in [0.1, 0.15) is 58.5 Å². The van der Waals surface area contributed by atoms with Crippen LogP contribution >= 0.6 is 0 Å². The number of hydrogen-bond acceptors (Lipinski definition) is 5. The first kappa shape index (κ1) is 23.7. The van der Waals surface area contributed by atoms with E-state index in [2.05, 4.69) is 46.9 Å². The number of nitrogens with one attached hydrogen (secondary N) is 1. The van der Waals surface area contributed by atoms with Crippen molar-refractivity contribution in [1.82, 2.24) is 14.5 Å². The van der Waals surface area contributed by atoms with Crippen LogP contribution in [0.4, 0.5) is 5.82 Å². The molecule has 0 aliphatic rings. The maximum atomic E-state index is 5.64. The third-order valence-electron chi connectivity index (χ3n) is 4.37. The fourth-order valence-electron chi connectivity index (χ4n) is 2.89. The van der Waals surface area contributed by atoms with Gasteiger partial charge in [-0.05, 0) is 52.8 Å². The molecule has 0 aromatic carbocycles. The number of nitrogens with zero attached hydrogens (tertiary/aromatic N) is 4. The van der Waals surface area contributed by atoms with Gasteiger partial charge in [0.25, 0.3) is 0 Å². The highest BCUT2D eigenvalue weighted by molar-refractivity contribution is 5.83. The summed E-state index contributed by atoms with van der Waals surface area (Å²) in [6.45, 7) is 18.8. The predicted octanol–water partition coefficient (Wildman–Crippen LogP) is 4.42. The van der Waals surface area contributed by atoms with Crippen LogP contribution in [0.5, 0.6) is 0 Å². The van der Waals surface area contributed by atoms with Gasteiger partial charge in [-0.15, -0.1) is 0 Å². The molecule has 0 unspecified atom stereocenters. The summed E-state index contributed by atoms with van der Waals surface area (Å²) in [5.74, 6) is 1.83. The lowest BCUT2D eigenvalue weighted by molar-refractivity contribution is 0.456. The Morgan fingerprint density at radius 1 is 1.32 bits per heavy atom. The molecule has 156 valence electrons. The number of nitrogens with two attached hydrogens (primary N) is 1. The van der Waals surface area contributed by atoms with Crippen molar-refractivity contribution in [3.63, 3.8) is 0 Å². The second kappa shape index (κ2) is 12.2. The number of anilines is 1. The Morgan fingerprint density at radius 3 is 2.61 bits per heavy atom. The monoisotopic (exact) mass is 386 g/mol. The zero-order valence-electron chi connectivity index (χ0n) is 18.4. The van der Waals surface area contributed by atoms with Crippen LogP contribution in [-0.4, -0.2) is 40.3 Å². The van der Waals surface area contributed by atoms with E-state index in [0.717, 1.165) is 61.0 Å². The summed E-state index contributed by atoms with van der Waals surface area (Å²) >= 11 is 0. The molecular weight excluding hydrogens is 348 g/mol. The van der Waals surface area contributed by atoms with Crippen molar-refractivity contribution in [2.75, 3.05) is 25.5 Å². The number of aromatic nitrogens is 2. The summed E-state index contributed by atoms with van der Waals surface area (Å²) in [5.41, 5.74) is 9.77. The van der Waals surface area contributed by atoms with E-state index < -0.39 is 0 Å². The molecule has 0 radical (unpaired) electrons. The molecule has 0 amide bonds. The molecule has 6 nitrogen and oxygen atoms in total. The van der Waals surface area contributed by atoms with Gasteiger partial charge in [0, 0.05) is 31.9 Å². The molecule has 0 spiro atoms. The highest BCUT2D eigenvalue weighted by atomic mass is 15.2. The largest absolute Gasteiger partial charge is 0.373 e. The summed E-state index contributed by atoms with van der Waals surface area (Å²) in [5, 5.41) is 3.19. The molecule has 0 fully saturated rings. The van der Waals surface area contributed by atoms with Gasteiger partial charge in [0.05, 0.1) is 12.2 Å². The molecule has 1 rings (SSSR count). The predicted molar refractivity (Wildman–Crippen MR) is 123 cm³/mol. The Hall–Kier alpha value is -2.34. The van der Waals surface area contributed by atoms with Crippen molar-refractivity contribution in [2.24, 2.45) is 10.7 Å².